The third-order valence-corrected chi connectivity index (χ3v) is 4.66. The van der Waals surface area contributed by atoms with Crippen LogP contribution >= 0.6 is 0 Å². The van der Waals surface area contributed by atoms with Crippen LogP contribution in [-0.2, 0) is 21.1 Å². The van der Waals surface area contributed by atoms with Gasteiger partial charge in [-0.25, -0.2) is 0 Å². The molecule has 0 radical (unpaired) electrons. The van der Waals surface area contributed by atoms with Gasteiger partial charge in [-0.3, -0.25) is 4.99 Å². The molecule has 8 heteroatoms. The van der Waals surface area contributed by atoms with Crippen molar-refractivity contribution in [1.29, 1.82) is 0 Å². The van der Waals surface area contributed by atoms with Crippen molar-refractivity contribution in [3.05, 3.63) is 35.4 Å². The number of aliphatic imine (C=N–C) groups is 1. The van der Waals surface area contributed by atoms with Crippen molar-refractivity contribution in [3.8, 4) is 0 Å². The molecule has 0 bridgehead atoms. The van der Waals surface area contributed by atoms with Crippen LogP contribution in [0.4, 0.5) is 13.2 Å². The second-order valence-corrected chi connectivity index (χ2v) is 6.67. The molecule has 2 rings (SSSR count). The monoisotopic (exact) mass is 387 g/mol. The Morgan fingerprint density at radius 1 is 1.19 bits per heavy atom. The summed E-state index contributed by atoms with van der Waals surface area (Å²) in [6.45, 7) is 3.03. The van der Waals surface area contributed by atoms with E-state index in [1.54, 1.807) is 20.2 Å². The average Bonchev–Trinajstić information content (AvgIpc) is 3.44. The van der Waals surface area contributed by atoms with E-state index in [0.29, 0.717) is 38.9 Å². The van der Waals surface area contributed by atoms with Crippen molar-refractivity contribution < 1.29 is 22.6 Å². The van der Waals surface area contributed by atoms with Crippen molar-refractivity contribution in [1.82, 2.24) is 10.6 Å². The summed E-state index contributed by atoms with van der Waals surface area (Å²) in [7, 11) is 3.31. The van der Waals surface area contributed by atoms with Crippen molar-refractivity contribution in [2.24, 2.45) is 4.99 Å². The van der Waals surface area contributed by atoms with Crippen molar-refractivity contribution in [2.75, 3.05) is 47.1 Å². The van der Waals surface area contributed by atoms with Crippen LogP contribution in [0, 0.1) is 0 Å². The molecule has 1 aliphatic rings. The maximum atomic E-state index is 13.0. The smallest absolute Gasteiger partial charge is 0.382 e. The summed E-state index contributed by atoms with van der Waals surface area (Å²) in [5.74, 6) is 0.644. The molecule has 1 aromatic rings. The lowest BCUT2D eigenvalue weighted by atomic mass is 9.94. The Balaban J connectivity index is 1.79. The quantitative estimate of drug-likeness (QED) is 0.368. The van der Waals surface area contributed by atoms with E-state index >= 15 is 0 Å². The third kappa shape index (κ3) is 6.70. The fraction of sp³-hybridized carbons (Fsp3) is 0.632. The molecule has 0 atom stereocenters. The summed E-state index contributed by atoms with van der Waals surface area (Å²) < 4.78 is 49.2. The predicted molar refractivity (Wildman–Crippen MR) is 99.0 cm³/mol. The minimum atomic E-state index is -4.32. The highest BCUT2D eigenvalue weighted by molar-refractivity contribution is 5.79. The molecule has 0 amide bonds. The molecule has 2 N–H and O–H groups in total. The van der Waals surface area contributed by atoms with E-state index in [0.717, 1.165) is 30.9 Å². The molecule has 0 aliphatic heterocycles. The van der Waals surface area contributed by atoms with Crippen LogP contribution in [-0.4, -0.2) is 53.0 Å². The van der Waals surface area contributed by atoms with Gasteiger partial charge < -0.3 is 20.1 Å². The van der Waals surface area contributed by atoms with Crippen molar-refractivity contribution >= 4 is 5.96 Å². The van der Waals surface area contributed by atoms with Crippen molar-refractivity contribution in [2.45, 2.75) is 30.9 Å². The van der Waals surface area contributed by atoms with Crippen LogP contribution in [0.5, 0.6) is 0 Å². The number of ether oxygens (including phenoxy) is 2. The van der Waals surface area contributed by atoms with Gasteiger partial charge in [0.25, 0.3) is 0 Å². The highest BCUT2D eigenvalue weighted by atomic mass is 19.4. The maximum Gasteiger partial charge on any atom is 0.416 e. The summed E-state index contributed by atoms with van der Waals surface area (Å²) in [6.07, 6.45) is -1.76. The number of hydrogen-bond donors (Lipinski definition) is 2. The first-order chi connectivity index (χ1) is 12.9. The van der Waals surface area contributed by atoms with Crippen LogP contribution in [0.15, 0.2) is 29.3 Å². The van der Waals surface area contributed by atoms with Crippen LogP contribution < -0.4 is 10.6 Å². The minimum absolute atomic E-state index is 0.248. The van der Waals surface area contributed by atoms with E-state index in [4.69, 9.17) is 9.47 Å². The number of guanidine groups is 1. The number of benzene rings is 1. The highest BCUT2D eigenvalue weighted by Gasteiger charge is 2.45. The van der Waals surface area contributed by atoms with Gasteiger partial charge in [-0.15, -0.1) is 0 Å². The molecule has 5 nitrogen and oxygen atoms in total. The van der Waals surface area contributed by atoms with Gasteiger partial charge in [0.1, 0.15) is 0 Å². The first-order valence-electron chi connectivity index (χ1n) is 9.10. The normalized spacial score (nSPS) is 16.3. The van der Waals surface area contributed by atoms with E-state index in [1.807, 2.05) is 0 Å². The van der Waals surface area contributed by atoms with Gasteiger partial charge in [0, 0.05) is 39.3 Å². The average molecular weight is 387 g/mol. The molecular formula is C19H28F3N3O2. The Labute approximate surface area is 158 Å². The van der Waals surface area contributed by atoms with Gasteiger partial charge in [-0.1, -0.05) is 18.2 Å². The Hall–Kier alpha value is -1.80. The second-order valence-electron chi connectivity index (χ2n) is 6.67. The first kappa shape index (κ1) is 21.5. The number of methoxy groups -OCH3 is 1. The lowest BCUT2D eigenvalue weighted by molar-refractivity contribution is -0.137. The summed E-state index contributed by atoms with van der Waals surface area (Å²) >= 11 is 0. The van der Waals surface area contributed by atoms with Gasteiger partial charge in [0.05, 0.1) is 18.8 Å². The second kappa shape index (κ2) is 9.94. The van der Waals surface area contributed by atoms with Crippen LogP contribution in [0.1, 0.15) is 30.4 Å². The number of halogens is 3. The molecule has 152 valence electrons. The number of nitrogens with zero attached hydrogens (tertiary/aromatic N) is 1. The summed E-state index contributed by atoms with van der Waals surface area (Å²) in [4.78, 5) is 4.17. The standard InChI is InChI=1S/C19H28F3N3O2/c1-23-17(24-9-4-10-27-12-11-26-2)25-14-18(7-8-18)15-5-3-6-16(13-15)19(20,21)22/h3,5-6,13H,4,7-12,14H2,1-2H3,(H2,23,24,25). The van der Waals surface area contributed by atoms with Gasteiger partial charge in [-0.05, 0) is 30.9 Å². The molecule has 0 saturated heterocycles. The molecule has 0 heterocycles. The number of rotatable bonds is 10. The molecule has 1 fully saturated rings. The Bertz CT molecular complexity index is 616. The lowest BCUT2D eigenvalue weighted by Gasteiger charge is -2.20. The SMILES string of the molecule is CN=C(NCCCOCCOC)NCC1(c2cccc(C(F)(F)F)c2)CC1. The minimum Gasteiger partial charge on any atom is -0.382 e. The summed E-state index contributed by atoms with van der Waals surface area (Å²) in [5, 5.41) is 6.43. The largest absolute Gasteiger partial charge is 0.416 e. The van der Waals surface area contributed by atoms with E-state index in [9.17, 15) is 13.2 Å². The van der Waals surface area contributed by atoms with E-state index in [-0.39, 0.29) is 5.41 Å². The van der Waals surface area contributed by atoms with Gasteiger partial charge in [0.15, 0.2) is 5.96 Å². The molecular weight excluding hydrogens is 359 g/mol. The summed E-state index contributed by atoms with van der Waals surface area (Å²) in [6, 6.07) is 5.64. The Kier molecular flexibility index (Phi) is 7.91. The van der Waals surface area contributed by atoms with Gasteiger partial charge in [-0.2, -0.15) is 13.2 Å². The van der Waals surface area contributed by atoms with Crippen molar-refractivity contribution in [3.63, 3.8) is 0 Å². The fourth-order valence-electron chi connectivity index (χ4n) is 2.84. The van der Waals surface area contributed by atoms with Crippen LogP contribution in [0.3, 0.4) is 0 Å². The Morgan fingerprint density at radius 3 is 2.59 bits per heavy atom. The topological polar surface area (TPSA) is 54.9 Å². The zero-order chi connectivity index (χ0) is 19.8. The molecule has 0 spiro atoms. The predicted octanol–water partition coefficient (Wildman–Crippen LogP) is 2.96. The third-order valence-electron chi connectivity index (χ3n) is 4.66. The lowest BCUT2D eigenvalue weighted by Crippen LogP contribution is -2.41. The zero-order valence-electron chi connectivity index (χ0n) is 15.9. The molecule has 1 saturated carbocycles. The van der Waals surface area contributed by atoms with E-state index in [2.05, 4.69) is 15.6 Å². The molecule has 1 aliphatic carbocycles. The number of hydrogen-bond acceptors (Lipinski definition) is 3. The molecule has 27 heavy (non-hydrogen) atoms. The zero-order valence-corrected chi connectivity index (χ0v) is 15.9. The van der Waals surface area contributed by atoms with Gasteiger partial charge >= 0.3 is 6.18 Å². The first-order valence-corrected chi connectivity index (χ1v) is 9.10. The Morgan fingerprint density at radius 2 is 1.96 bits per heavy atom. The summed E-state index contributed by atoms with van der Waals surface area (Å²) in [5.41, 5.74) is -0.114. The number of alkyl halides is 3. The van der Waals surface area contributed by atoms with E-state index in [1.165, 1.54) is 12.1 Å². The molecule has 1 aromatic carbocycles. The molecule has 0 aromatic heterocycles. The number of nitrogens with one attached hydrogen (secondary N) is 2. The van der Waals surface area contributed by atoms with Crippen LogP contribution in [0.2, 0.25) is 0 Å². The fourth-order valence-corrected chi connectivity index (χ4v) is 2.84. The van der Waals surface area contributed by atoms with E-state index < -0.39 is 11.7 Å². The van der Waals surface area contributed by atoms with Crippen LogP contribution in [0.25, 0.3) is 0 Å². The molecule has 0 unspecified atom stereocenters. The van der Waals surface area contributed by atoms with Gasteiger partial charge in [0.2, 0.25) is 0 Å². The maximum absolute atomic E-state index is 13.0. The highest BCUT2D eigenvalue weighted by Crippen LogP contribution is 2.48.